The predicted molar refractivity (Wildman–Crippen MR) is 136 cm³/mol. The summed E-state index contributed by atoms with van der Waals surface area (Å²) in [5.74, 6) is -2.25. The van der Waals surface area contributed by atoms with Crippen molar-refractivity contribution in [2.75, 3.05) is 5.32 Å². The molecule has 0 saturated heterocycles. The van der Waals surface area contributed by atoms with Gasteiger partial charge in [-0.3, -0.25) is 18.8 Å². The van der Waals surface area contributed by atoms with Gasteiger partial charge in [0.1, 0.15) is 17.8 Å². The van der Waals surface area contributed by atoms with Gasteiger partial charge in [-0.1, -0.05) is 41.9 Å². The van der Waals surface area contributed by atoms with Gasteiger partial charge in [-0.25, -0.2) is 4.98 Å². The van der Waals surface area contributed by atoms with Gasteiger partial charge in [0.15, 0.2) is 5.69 Å². The molecule has 1 amide bonds. The van der Waals surface area contributed by atoms with Crippen LogP contribution in [-0.2, 0) is 13.6 Å². The zero-order valence-electron chi connectivity index (χ0n) is 20.7. The van der Waals surface area contributed by atoms with E-state index >= 15 is 0 Å². The third-order valence-electron chi connectivity index (χ3n) is 5.92. The first-order valence-electron chi connectivity index (χ1n) is 11.5. The van der Waals surface area contributed by atoms with Crippen LogP contribution in [0.15, 0.2) is 58.4 Å². The van der Waals surface area contributed by atoms with Crippen LogP contribution < -0.4 is 10.9 Å². The molecule has 0 aliphatic rings. The van der Waals surface area contributed by atoms with Crippen LogP contribution in [0, 0.1) is 0 Å². The van der Waals surface area contributed by atoms with Gasteiger partial charge in [0.2, 0.25) is 5.75 Å². The molecule has 0 radical (unpaired) electrons. The second-order valence-corrected chi connectivity index (χ2v) is 9.88. The average molecular weight is 527 g/mol. The molecule has 0 spiro atoms. The monoisotopic (exact) mass is 526 g/mol. The first-order chi connectivity index (χ1) is 17.5. The Morgan fingerprint density at radius 1 is 1.27 bits per heavy atom. The van der Waals surface area contributed by atoms with Gasteiger partial charge >= 0.3 is 0 Å². The minimum absolute atomic E-state index is 0.245. The Kier molecular flexibility index (Phi) is 7.19. The normalized spacial score (nSPS) is 13.4. The fraction of sp³-hybridized carbons (Fsp3) is 0.320. The highest BCUT2D eigenvalue weighted by atomic mass is 35.5. The van der Waals surface area contributed by atoms with Gasteiger partial charge in [-0.2, -0.15) is 5.10 Å². The summed E-state index contributed by atoms with van der Waals surface area (Å²) in [4.78, 5) is 30.2. The Bertz CT molecular complexity index is 1470. The van der Waals surface area contributed by atoms with E-state index in [1.54, 1.807) is 37.0 Å². The van der Waals surface area contributed by atoms with Crippen molar-refractivity contribution >= 4 is 23.2 Å². The number of aromatic nitrogens is 5. The second kappa shape index (κ2) is 10.2. The van der Waals surface area contributed by atoms with Crippen molar-refractivity contribution in [3.63, 3.8) is 0 Å². The number of nitrogens with one attached hydrogen (secondary N) is 1. The van der Waals surface area contributed by atoms with Crippen molar-refractivity contribution < 1.29 is 19.5 Å². The molecule has 194 valence electrons. The van der Waals surface area contributed by atoms with Crippen LogP contribution in [-0.4, -0.2) is 46.2 Å². The van der Waals surface area contributed by atoms with Crippen LogP contribution in [0.25, 0.3) is 0 Å². The molecule has 37 heavy (non-hydrogen) atoms. The van der Waals surface area contributed by atoms with Crippen LogP contribution >= 0.6 is 11.6 Å². The number of carbonyl (C=O) groups is 1. The fourth-order valence-electron chi connectivity index (χ4n) is 4.27. The summed E-state index contributed by atoms with van der Waals surface area (Å²) in [7, 11) is 1.48. The molecule has 2 atom stereocenters. The molecule has 11 nitrogen and oxygen atoms in total. The van der Waals surface area contributed by atoms with Gasteiger partial charge in [0.05, 0.1) is 24.5 Å². The van der Waals surface area contributed by atoms with Crippen molar-refractivity contribution in [3.8, 4) is 5.75 Å². The average Bonchev–Trinajstić information content (AvgIpc) is 3.50. The summed E-state index contributed by atoms with van der Waals surface area (Å²) >= 11 is 6.60. The Morgan fingerprint density at radius 3 is 2.65 bits per heavy atom. The molecule has 0 aliphatic carbocycles. The maximum absolute atomic E-state index is 12.9. The van der Waals surface area contributed by atoms with Gasteiger partial charge in [-0.15, -0.1) is 0 Å². The molecule has 3 heterocycles. The van der Waals surface area contributed by atoms with E-state index in [2.05, 4.69) is 20.6 Å². The number of benzene rings is 1. The lowest BCUT2D eigenvalue weighted by Crippen LogP contribution is -2.29. The number of carbonyl (C=O) groups excluding carboxylic acids is 1. The molecule has 4 aromatic rings. The summed E-state index contributed by atoms with van der Waals surface area (Å²) < 4.78 is 7.55. The maximum Gasteiger partial charge on any atom is 0.296 e. The maximum atomic E-state index is 12.9. The molecule has 0 unspecified atom stereocenters. The Morgan fingerprint density at radius 2 is 2.00 bits per heavy atom. The first kappa shape index (κ1) is 26.1. The SMILES string of the molecule is C[C@H](c1nc(C(=O)Nc2cnoc2)c(O)c(=O)n1C)[C@@H](c1cnn(CC(C)(C)O)c1)c1ccccc1Cl. The molecule has 0 bridgehead atoms. The molecule has 4 rings (SSSR count). The molecule has 0 saturated carbocycles. The molecule has 0 aliphatic heterocycles. The molecule has 3 aromatic heterocycles. The molecule has 12 heteroatoms. The van der Waals surface area contributed by atoms with Crippen LogP contribution in [0.2, 0.25) is 5.02 Å². The topological polar surface area (TPSA) is 148 Å². The van der Waals surface area contributed by atoms with Crippen LogP contribution in [0.1, 0.15) is 60.0 Å². The van der Waals surface area contributed by atoms with E-state index in [1.807, 2.05) is 25.1 Å². The third kappa shape index (κ3) is 5.57. The summed E-state index contributed by atoms with van der Waals surface area (Å²) in [5.41, 5.74) is -0.413. The van der Waals surface area contributed by atoms with E-state index in [4.69, 9.17) is 16.1 Å². The van der Waals surface area contributed by atoms with Crippen molar-refractivity contribution in [3.05, 3.63) is 87.1 Å². The number of hydrogen-bond acceptors (Lipinski definition) is 8. The number of anilines is 1. The number of rotatable bonds is 8. The lowest BCUT2D eigenvalue weighted by Gasteiger charge is -2.26. The van der Waals surface area contributed by atoms with Crippen LogP contribution in [0.4, 0.5) is 5.69 Å². The van der Waals surface area contributed by atoms with Crippen molar-refractivity contribution in [1.29, 1.82) is 0 Å². The standard InChI is InChI=1S/C25H27ClN6O5/c1-14(22-30-20(21(33)24(35)31(22)4)23(34)29-16-10-28-37-12-16)19(17-7-5-6-8-18(17)26)15-9-27-32(11-15)13-25(2,3)36/h5-12,14,19,33,36H,13H2,1-4H3,(H,29,34)/t14-,19-/m0/s1. The van der Waals surface area contributed by atoms with Gasteiger partial charge in [-0.05, 0) is 31.0 Å². The van der Waals surface area contributed by atoms with E-state index in [0.29, 0.717) is 5.02 Å². The summed E-state index contributed by atoms with van der Waals surface area (Å²) in [6.45, 7) is 5.48. The highest BCUT2D eigenvalue weighted by Gasteiger charge is 2.31. The lowest BCUT2D eigenvalue weighted by atomic mass is 9.82. The molecule has 3 N–H and O–H groups in total. The van der Waals surface area contributed by atoms with Crippen molar-refractivity contribution in [1.82, 2.24) is 24.5 Å². The lowest BCUT2D eigenvalue weighted by molar-refractivity contribution is 0.0577. The van der Waals surface area contributed by atoms with Gasteiger partial charge < -0.3 is 20.1 Å². The Balaban J connectivity index is 1.81. The highest BCUT2D eigenvalue weighted by molar-refractivity contribution is 6.31. The first-order valence-corrected chi connectivity index (χ1v) is 11.8. The largest absolute Gasteiger partial charge is 0.501 e. The Hall–Kier alpha value is -3.96. The zero-order valence-corrected chi connectivity index (χ0v) is 21.5. The smallest absolute Gasteiger partial charge is 0.296 e. The fourth-order valence-corrected chi connectivity index (χ4v) is 4.52. The van der Waals surface area contributed by atoms with Crippen LogP contribution in [0.5, 0.6) is 5.75 Å². The number of hydrogen-bond donors (Lipinski definition) is 3. The molecule has 1 aromatic carbocycles. The molecular weight excluding hydrogens is 500 g/mol. The van der Waals surface area contributed by atoms with Crippen LogP contribution in [0.3, 0.4) is 0 Å². The number of halogens is 1. The summed E-state index contributed by atoms with van der Waals surface area (Å²) in [5, 5.41) is 31.6. The number of aromatic hydroxyl groups is 1. The number of amides is 1. The van der Waals surface area contributed by atoms with E-state index in [1.165, 1.54) is 24.1 Å². The van der Waals surface area contributed by atoms with Crippen molar-refractivity contribution in [2.24, 2.45) is 7.05 Å². The second-order valence-electron chi connectivity index (χ2n) is 9.47. The van der Waals surface area contributed by atoms with Gasteiger partial charge in [0, 0.05) is 30.1 Å². The molecular formula is C25H27ClN6O5. The predicted octanol–water partition coefficient (Wildman–Crippen LogP) is 3.28. The van der Waals surface area contributed by atoms with E-state index < -0.39 is 40.3 Å². The minimum atomic E-state index is -0.982. The van der Waals surface area contributed by atoms with E-state index in [9.17, 15) is 19.8 Å². The Labute approximate surface area is 217 Å². The quantitative estimate of drug-likeness (QED) is 0.317. The van der Waals surface area contributed by atoms with Gasteiger partial charge in [0.25, 0.3) is 11.5 Å². The number of nitrogens with zero attached hydrogens (tertiary/aromatic N) is 5. The zero-order chi connectivity index (χ0) is 26.9. The van der Waals surface area contributed by atoms with Crippen molar-refractivity contribution in [2.45, 2.75) is 44.8 Å². The molecule has 0 fully saturated rings. The third-order valence-corrected chi connectivity index (χ3v) is 6.26. The number of aliphatic hydroxyl groups is 1. The summed E-state index contributed by atoms with van der Waals surface area (Å²) in [6.07, 6.45) is 5.96. The summed E-state index contributed by atoms with van der Waals surface area (Å²) in [6, 6.07) is 7.30. The minimum Gasteiger partial charge on any atom is -0.501 e. The van der Waals surface area contributed by atoms with E-state index in [0.717, 1.165) is 11.1 Å². The highest BCUT2D eigenvalue weighted by Crippen LogP contribution is 2.40. The van der Waals surface area contributed by atoms with E-state index in [-0.39, 0.29) is 18.1 Å².